The topological polar surface area (TPSA) is 98.5 Å². The molecule has 112 valence electrons. The Morgan fingerprint density at radius 2 is 1.95 bits per heavy atom. The molecule has 0 aliphatic rings. The standard InChI is InChI=1S/C12H17FN2O4S/c1-12(2,3)19-7-11(16)15-9-4-8(13)5-10(6-9)20(14,17)18/h4-6H,7H2,1-3H3,(H,15,16)(H2,14,17,18). The molecule has 0 unspecified atom stereocenters. The van der Waals surface area contributed by atoms with Gasteiger partial charge in [-0.05, 0) is 39.0 Å². The van der Waals surface area contributed by atoms with E-state index in [1.807, 2.05) is 0 Å². The minimum Gasteiger partial charge on any atom is -0.366 e. The number of benzene rings is 1. The van der Waals surface area contributed by atoms with E-state index in [9.17, 15) is 17.6 Å². The number of hydrogen-bond donors (Lipinski definition) is 2. The lowest BCUT2D eigenvalue weighted by Crippen LogP contribution is -2.27. The molecule has 0 spiro atoms. The molecule has 6 nitrogen and oxygen atoms in total. The quantitative estimate of drug-likeness (QED) is 0.874. The zero-order chi connectivity index (χ0) is 15.6. The summed E-state index contributed by atoms with van der Waals surface area (Å²) in [5, 5.41) is 7.25. The summed E-state index contributed by atoms with van der Waals surface area (Å²) in [5.74, 6) is -1.34. The number of rotatable bonds is 4. The highest BCUT2D eigenvalue weighted by atomic mass is 32.2. The summed E-state index contributed by atoms with van der Waals surface area (Å²) < 4.78 is 40.8. The van der Waals surface area contributed by atoms with Gasteiger partial charge in [0.05, 0.1) is 10.5 Å². The molecular weight excluding hydrogens is 287 g/mol. The van der Waals surface area contributed by atoms with Crippen molar-refractivity contribution in [3.8, 4) is 0 Å². The summed E-state index contributed by atoms with van der Waals surface area (Å²) in [4.78, 5) is 11.2. The predicted molar refractivity (Wildman–Crippen MR) is 72.1 cm³/mol. The lowest BCUT2D eigenvalue weighted by atomic mass is 10.2. The number of nitrogens with one attached hydrogen (secondary N) is 1. The average molecular weight is 304 g/mol. The summed E-state index contributed by atoms with van der Waals surface area (Å²) in [5.41, 5.74) is -0.498. The van der Waals surface area contributed by atoms with Crippen LogP contribution < -0.4 is 10.5 Å². The van der Waals surface area contributed by atoms with E-state index in [0.29, 0.717) is 0 Å². The number of nitrogens with two attached hydrogens (primary N) is 1. The molecule has 8 heteroatoms. The summed E-state index contributed by atoms with van der Waals surface area (Å²) in [6, 6.07) is 2.84. The van der Waals surface area contributed by atoms with Gasteiger partial charge in [0.15, 0.2) is 0 Å². The van der Waals surface area contributed by atoms with E-state index in [1.54, 1.807) is 20.8 Å². The maximum Gasteiger partial charge on any atom is 0.250 e. The van der Waals surface area contributed by atoms with Gasteiger partial charge in [-0.3, -0.25) is 4.79 Å². The van der Waals surface area contributed by atoms with Gasteiger partial charge in [-0.1, -0.05) is 0 Å². The highest BCUT2D eigenvalue weighted by molar-refractivity contribution is 7.89. The first-order valence-electron chi connectivity index (χ1n) is 5.74. The van der Waals surface area contributed by atoms with Crippen LogP contribution in [-0.2, 0) is 19.6 Å². The van der Waals surface area contributed by atoms with Gasteiger partial charge in [-0.2, -0.15) is 0 Å². The fourth-order valence-corrected chi connectivity index (χ4v) is 1.85. The molecule has 0 heterocycles. The number of amides is 1. The number of ether oxygens (including phenoxy) is 1. The summed E-state index contributed by atoms with van der Waals surface area (Å²) in [6.07, 6.45) is 0. The van der Waals surface area contributed by atoms with Crippen LogP contribution in [0.5, 0.6) is 0 Å². The predicted octanol–water partition coefficient (Wildman–Crippen LogP) is 1.23. The van der Waals surface area contributed by atoms with E-state index in [4.69, 9.17) is 9.88 Å². The second-order valence-electron chi connectivity index (χ2n) is 5.17. The Bertz CT molecular complexity index is 608. The van der Waals surface area contributed by atoms with Crippen molar-refractivity contribution in [2.45, 2.75) is 31.3 Å². The monoisotopic (exact) mass is 304 g/mol. The second-order valence-corrected chi connectivity index (χ2v) is 6.73. The van der Waals surface area contributed by atoms with Gasteiger partial charge in [-0.15, -0.1) is 0 Å². The average Bonchev–Trinajstić information content (AvgIpc) is 2.23. The van der Waals surface area contributed by atoms with Crippen LogP contribution in [0.15, 0.2) is 23.1 Å². The fourth-order valence-electron chi connectivity index (χ4n) is 1.28. The molecule has 20 heavy (non-hydrogen) atoms. The van der Waals surface area contributed by atoms with Gasteiger partial charge in [0.2, 0.25) is 15.9 Å². The van der Waals surface area contributed by atoms with Crippen LogP contribution in [-0.4, -0.2) is 26.5 Å². The Balaban J connectivity index is 2.83. The van der Waals surface area contributed by atoms with Crippen molar-refractivity contribution in [1.29, 1.82) is 0 Å². The Labute approximate surface area is 117 Å². The zero-order valence-corrected chi connectivity index (χ0v) is 12.3. The van der Waals surface area contributed by atoms with Crippen molar-refractivity contribution in [3.05, 3.63) is 24.0 Å². The largest absolute Gasteiger partial charge is 0.366 e. The van der Waals surface area contributed by atoms with Crippen molar-refractivity contribution in [2.24, 2.45) is 5.14 Å². The number of sulfonamides is 1. The van der Waals surface area contributed by atoms with Crippen molar-refractivity contribution in [1.82, 2.24) is 0 Å². The van der Waals surface area contributed by atoms with Crippen molar-refractivity contribution in [3.63, 3.8) is 0 Å². The number of carbonyl (C=O) groups is 1. The Morgan fingerprint density at radius 3 is 2.45 bits per heavy atom. The van der Waals surface area contributed by atoms with Crippen LogP contribution in [0.25, 0.3) is 0 Å². The molecular formula is C12H17FN2O4S. The normalized spacial score (nSPS) is 12.2. The third-order valence-electron chi connectivity index (χ3n) is 2.12. The molecule has 0 bridgehead atoms. The first kappa shape index (κ1) is 16.5. The van der Waals surface area contributed by atoms with E-state index in [0.717, 1.165) is 18.2 Å². The van der Waals surface area contributed by atoms with Gasteiger partial charge in [0, 0.05) is 5.69 Å². The van der Waals surface area contributed by atoms with Crippen LogP contribution >= 0.6 is 0 Å². The summed E-state index contributed by atoms with van der Waals surface area (Å²) in [7, 11) is -4.04. The van der Waals surface area contributed by atoms with Crippen molar-refractivity contribution < 1.29 is 22.3 Å². The van der Waals surface area contributed by atoms with Gasteiger partial charge >= 0.3 is 0 Å². The Kier molecular flexibility index (Phi) is 4.85. The molecule has 0 saturated carbocycles. The third kappa shape index (κ3) is 5.64. The number of hydrogen-bond acceptors (Lipinski definition) is 4. The minimum atomic E-state index is -4.04. The lowest BCUT2D eigenvalue weighted by Gasteiger charge is -2.19. The maximum absolute atomic E-state index is 13.3. The molecule has 0 fully saturated rings. The van der Waals surface area contributed by atoms with Gasteiger partial charge in [0.25, 0.3) is 0 Å². The molecule has 0 aromatic heterocycles. The third-order valence-corrected chi connectivity index (χ3v) is 3.01. The van der Waals surface area contributed by atoms with Crippen LogP contribution in [0.4, 0.5) is 10.1 Å². The van der Waals surface area contributed by atoms with E-state index in [1.165, 1.54) is 0 Å². The molecule has 1 aromatic carbocycles. The Hall–Kier alpha value is -1.51. The number of carbonyl (C=O) groups excluding carboxylic acids is 1. The first-order valence-corrected chi connectivity index (χ1v) is 7.29. The van der Waals surface area contributed by atoms with Crippen LogP contribution in [0.3, 0.4) is 0 Å². The number of primary sulfonamides is 1. The Morgan fingerprint density at radius 1 is 1.35 bits per heavy atom. The molecule has 0 radical (unpaired) electrons. The second kappa shape index (κ2) is 5.86. The van der Waals surface area contributed by atoms with Crippen molar-refractivity contribution in [2.75, 3.05) is 11.9 Å². The summed E-state index contributed by atoms with van der Waals surface area (Å²) in [6.45, 7) is 5.11. The molecule has 1 rings (SSSR count). The van der Waals surface area contributed by atoms with Gasteiger partial charge < -0.3 is 10.1 Å². The molecule has 1 aromatic rings. The SMILES string of the molecule is CC(C)(C)OCC(=O)Nc1cc(F)cc(S(N)(=O)=O)c1. The van der Waals surface area contributed by atoms with E-state index < -0.39 is 32.2 Å². The molecule has 1 amide bonds. The molecule has 0 aliphatic carbocycles. The smallest absolute Gasteiger partial charge is 0.250 e. The molecule has 3 N–H and O–H groups in total. The van der Waals surface area contributed by atoms with Crippen molar-refractivity contribution >= 4 is 21.6 Å². The minimum absolute atomic E-state index is 0.00321. The molecule has 0 atom stereocenters. The van der Waals surface area contributed by atoms with Gasteiger partial charge in [-0.25, -0.2) is 17.9 Å². The maximum atomic E-state index is 13.3. The van der Waals surface area contributed by atoms with E-state index in [2.05, 4.69) is 5.32 Å². The van der Waals surface area contributed by atoms with Crippen LogP contribution in [0.1, 0.15) is 20.8 Å². The van der Waals surface area contributed by atoms with Gasteiger partial charge in [0.1, 0.15) is 12.4 Å². The lowest BCUT2D eigenvalue weighted by molar-refractivity contribution is -0.125. The van der Waals surface area contributed by atoms with Crippen LogP contribution in [0, 0.1) is 5.82 Å². The first-order chi connectivity index (χ1) is 8.97. The number of anilines is 1. The van der Waals surface area contributed by atoms with Crippen LogP contribution in [0.2, 0.25) is 0 Å². The zero-order valence-electron chi connectivity index (χ0n) is 11.4. The molecule has 0 aliphatic heterocycles. The summed E-state index contributed by atoms with van der Waals surface area (Å²) >= 11 is 0. The van der Waals surface area contributed by atoms with E-state index in [-0.39, 0.29) is 12.3 Å². The molecule has 0 saturated heterocycles. The fraction of sp³-hybridized carbons (Fsp3) is 0.417. The highest BCUT2D eigenvalue weighted by Crippen LogP contribution is 2.17. The number of halogens is 1. The van der Waals surface area contributed by atoms with E-state index >= 15 is 0 Å². The highest BCUT2D eigenvalue weighted by Gasteiger charge is 2.15.